The van der Waals surface area contributed by atoms with Gasteiger partial charge in [0.15, 0.2) is 5.96 Å². The van der Waals surface area contributed by atoms with Gasteiger partial charge in [-0.25, -0.2) is 4.99 Å². The number of nitrogens with zero attached hydrogens (tertiary/aromatic N) is 1. The highest BCUT2D eigenvalue weighted by atomic mass is 16.5. The fraction of sp³-hybridized carbons (Fsp3) is 0.562. The van der Waals surface area contributed by atoms with Crippen LogP contribution in [0.15, 0.2) is 29.3 Å². The van der Waals surface area contributed by atoms with Crippen molar-refractivity contribution in [2.45, 2.75) is 46.7 Å². The quantitative estimate of drug-likeness (QED) is 0.595. The van der Waals surface area contributed by atoms with E-state index in [1.54, 1.807) is 0 Å². The monoisotopic (exact) mass is 277 g/mol. The van der Waals surface area contributed by atoms with Crippen LogP contribution in [0.5, 0.6) is 5.75 Å². The Hall–Kier alpha value is -1.71. The minimum atomic E-state index is 0.419. The van der Waals surface area contributed by atoms with Gasteiger partial charge in [-0.05, 0) is 44.9 Å². The molecule has 1 atom stereocenters. The molecule has 1 unspecified atom stereocenters. The number of aliphatic imine (C=N–C) groups is 1. The predicted molar refractivity (Wildman–Crippen MR) is 85.3 cm³/mol. The van der Waals surface area contributed by atoms with E-state index < -0.39 is 0 Å². The van der Waals surface area contributed by atoms with Gasteiger partial charge < -0.3 is 15.4 Å². The lowest BCUT2D eigenvalue weighted by Crippen LogP contribution is -2.41. The number of hydrogen-bond donors (Lipinski definition) is 2. The number of rotatable bonds is 7. The molecule has 0 aliphatic heterocycles. The maximum Gasteiger partial charge on any atom is 0.191 e. The first kappa shape index (κ1) is 16.3. The van der Waals surface area contributed by atoms with Gasteiger partial charge in [-0.15, -0.1) is 0 Å². The highest BCUT2D eigenvalue weighted by molar-refractivity contribution is 5.80. The molecule has 0 saturated carbocycles. The fourth-order valence-electron chi connectivity index (χ4n) is 1.73. The number of nitrogens with one attached hydrogen (secondary N) is 2. The Kier molecular flexibility index (Phi) is 7.55. The summed E-state index contributed by atoms with van der Waals surface area (Å²) in [4.78, 5) is 4.61. The average molecular weight is 277 g/mol. The highest BCUT2D eigenvalue weighted by Crippen LogP contribution is 2.13. The van der Waals surface area contributed by atoms with Crippen LogP contribution in [0.25, 0.3) is 0 Å². The van der Waals surface area contributed by atoms with Crippen molar-refractivity contribution in [2.75, 3.05) is 13.2 Å². The summed E-state index contributed by atoms with van der Waals surface area (Å²) in [5.41, 5.74) is 1.15. The molecule has 2 N–H and O–H groups in total. The maximum atomic E-state index is 5.50. The lowest BCUT2D eigenvalue weighted by Gasteiger charge is -2.16. The van der Waals surface area contributed by atoms with Gasteiger partial charge in [-0.3, -0.25) is 0 Å². The zero-order chi connectivity index (χ0) is 14.8. The zero-order valence-electron chi connectivity index (χ0n) is 13.1. The molecule has 0 aromatic heterocycles. The summed E-state index contributed by atoms with van der Waals surface area (Å²) in [5, 5.41) is 6.65. The molecule has 0 saturated heterocycles. The third kappa shape index (κ3) is 5.95. The van der Waals surface area contributed by atoms with Gasteiger partial charge in [-0.2, -0.15) is 0 Å². The summed E-state index contributed by atoms with van der Waals surface area (Å²) >= 11 is 0. The molecule has 0 aliphatic carbocycles. The summed E-state index contributed by atoms with van der Waals surface area (Å²) in [7, 11) is 0. The first-order valence-corrected chi connectivity index (χ1v) is 7.46. The molecule has 0 aliphatic rings. The first-order chi connectivity index (χ1) is 9.69. The van der Waals surface area contributed by atoms with E-state index in [0.29, 0.717) is 19.2 Å². The lowest BCUT2D eigenvalue weighted by molar-refractivity contribution is 0.340. The molecular weight excluding hydrogens is 250 g/mol. The van der Waals surface area contributed by atoms with E-state index in [2.05, 4.69) is 42.5 Å². The predicted octanol–water partition coefficient (Wildman–Crippen LogP) is 2.94. The minimum absolute atomic E-state index is 0.419. The van der Waals surface area contributed by atoms with Gasteiger partial charge in [0, 0.05) is 12.6 Å². The third-order valence-electron chi connectivity index (χ3n) is 2.97. The summed E-state index contributed by atoms with van der Waals surface area (Å²) in [6.07, 6.45) is 1.07. The molecule has 0 spiro atoms. The molecule has 0 amide bonds. The molecule has 1 rings (SSSR count). The average Bonchev–Trinajstić information content (AvgIpc) is 2.45. The van der Waals surface area contributed by atoms with Crippen molar-refractivity contribution < 1.29 is 4.74 Å². The van der Waals surface area contributed by atoms with Crippen LogP contribution in [0.4, 0.5) is 0 Å². The van der Waals surface area contributed by atoms with Gasteiger partial charge in [-0.1, -0.05) is 19.1 Å². The van der Waals surface area contributed by atoms with Crippen LogP contribution < -0.4 is 15.4 Å². The number of ether oxygens (including phenoxy) is 1. The van der Waals surface area contributed by atoms with Gasteiger partial charge in [0.25, 0.3) is 0 Å². The Morgan fingerprint density at radius 3 is 2.75 bits per heavy atom. The molecule has 0 bridgehead atoms. The van der Waals surface area contributed by atoms with Gasteiger partial charge in [0.05, 0.1) is 13.2 Å². The topological polar surface area (TPSA) is 45.7 Å². The summed E-state index contributed by atoms with van der Waals surface area (Å²) in [6.45, 7) is 10.6. The second kappa shape index (κ2) is 9.23. The molecule has 4 heteroatoms. The lowest BCUT2D eigenvalue weighted by atomic mass is 10.2. The standard InChI is InChI=1S/C16H27N3O/c1-5-13(4)19-16(17-6-2)18-12-14-9-8-10-15(11-14)20-7-3/h8-11,13H,5-7,12H2,1-4H3,(H2,17,18,19). The number of guanidine groups is 1. The summed E-state index contributed by atoms with van der Waals surface area (Å²) in [6, 6.07) is 8.51. The molecule has 1 aromatic rings. The van der Waals surface area contributed by atoms with Gasteiger partial charge >= 0.3 is 0 Å². The Labute approximate surface area is 122 Å². The number of hydrogen-bond acceptors (Lipinski definition) is 2. The smallest absolute Gasteiger partial charge is 0.191 e. The van der Waals surface area contributed by atoms with Crippen molar-refractivity contribution in [2.24, 2.45) is 4.99 Å². The second-order valence-electron chi connectivity index (χ2n) is 4.73. The zero-order valence-corrected chi connectivity index (χ0v) is 13.1. The van der Waals surface area contributed by atoms with E-state index in [-0.39, 0.29) is 0 Å². The van der Waals surface area contributed by atoms with Crippen LogP contribution in [-0.4, -0.2) is 25.2 Å². The molecule has 0 heterocycles. The molecule has 112 valence electrons. The van der Waals surface area contributed by atoms with Crippen molar-refractivity contribution >= 4 is 5.96 Å². The number of benzene rings is 1. The van der Waals surface area contributed by atoms with Crippen LogP contribution >= 0.6 is 0 Å². The van der Waals surface area contributed by atoms with Crippen molar-refractivity contribution in [3.05, 3.63) is 29.8 Å². The van der Waals surface area contributed by atoms with Crippen molar-refractivity contribution in [3.8, 4) is 5.75 Å². The highest BCUT2D eigenvalue weighted by Gasteiger charge is 2.02. The van der Waals surface area contributed by atoms with Gasteiger partial charge in [0.2, 0.25) is 0 Å². The minimum Gasteiger partial charge on any atom is -0.494 e. The summed E-state index contributed by atoms with van der Waals surface area (Å²) < 4.78 is 5.50. The molecule has 20 heavy (non-hydrogen) atoms. The second-order valence-corrected chi connectivity index (χ2v) is 4.73. The Morgan fingerprint density at radius 2 is 2.10 bits per heavy atom. The van der Waals surface area contributed by atoms with Crippen molar-refractivity contribution in [1.82, 2.24) is 10.6 Å². The molecule has 4 nitrogen and oxygen atoms in total. The Balaban J connectivity index is 2.68. The molecule has 1 aromatic carbocycles. The van der Waals surface area contributed by atoms with E-state index in [0.717, 1.165) is 30.2 Å². The Bertz CT molecular complexity index is 418. The van der Waals surface area contributed by atoms with Crippen LogP contribution in [0, 0.1) is 0 Å². The maximum absolute atomic E-state index is 5.50. The largest absolute Gasteiger partial charge is 0.494 e. The normalized spacial score (nSPS) is 12.9. The van der Waals surface area contributed by atoms with Crippen LogP contribution in [-0.2, 0) is 6.54 Å². The van der Waals surface area contributed by atoms with Gasteiger partial charge in [0.1, 0.15) is 5.75 Å². The molecule has 0 fully saturated rings. The van der Waals surface area contributed by atoms with Crippen molar-refractivity contribution in [3.63, 3.8) is 0 Å². The van der Waals surface area contributed by atoms with E-state index in [1.165, 1.54) is 0 Å². The van der Waals surface area contributed by atoms with Crippen LogP contribution in [0.1, 0.15) is 39.7 Å². The van der Waals surface area contributed by atoms with Crippen LogP contribution in [0.3, 0.4) is 0 Å². The fourth-order valence-corrected chi connectivity index (χ4v) is 1.73. The summed E-state index contributed by atoms with van der Waals surface area (Å²) in [5.74, 6) is 1.77. The first-order valence-electron chi connectivity index (χ1n) is 7.46. The van der Waals surface area contributed by atoms with E-state index in [9.17, 15) is 0 Å². The SMILES string of the molecule is CCNC(=NCc1cccc(OCC)c1)NC(C)CC. The van der Waals surface area contributed by atoms with E-state index >= 15 is 0 Å². The molecular formula is C16H27N3O. The molecule has 0 radical (unpaired) electrons. The third-order valence-corrected chi connectivity index (χ3v) is 2.97. The van der Waals surface area contributed by atoms with E-state index in [1.807, 2.05) is 25.1 Å². The van der Waals surface area contributed by atoms with Crippen LogP contribution in [0.2, 0.25) is 0 Å². The Morgan fingerprint density at radius 1 is 1.30 bits per heavy atom. The van der Waals surface area contributed by atoms with Crippen molar-refractivity contribution in [1.29, 1.82) is 0 Å². The van der Waals surface area contributed by atoms with E-state index in [4.69, 9.17) is 4.74 Å².